The van der Waals surface area contributed by atoms with Gasteiger partial charge in [-0.05, 0) is 89.8 Å². The van der Waals surface area contributed by atoms with Crippen LogP contribution >= 0.6 is 0 Å². The predicted octanol–water partition coefficient (Wildman–Crippen LogP) is 8.23. The Bertz CT molecular complexity index is 1180. The number of nitrogens with zero attached hydrogens (tertiary/aromatic N) is 3. The van der Waals surface area contributed by atoms with E-state index < -0.39 is 11.7 Å². The van der Waals surface area contributed by atoms with E-state index in [4.69, 9.17) is 0 Å². The number of hydrogen-bond donors (Lipinski definition) is 0. The van der Waals surface area contributed by atoms with E-state index >= 15 is 0 Å². The standard InChI is InChI=1S/C28H30F3N3/c1-15-9-17(3)26(18(4)10-15)32-21(7)24-13-23(28(29,30)31)14-25(34-24)22(8)33-27-19(5)11-16(2)12-20(27)6/h9-14H,1-8H3/b32-21+,33-22+. The van der Waals surface area contributed by atoms with Crippen molar-refractivity contribution in [3.63, 3.8) is 0 Å². The van der Waals surface area contributed by atoms with E-state index in [-0.39, 0.29) is 11.4 Å². The molecule has 3 nitrogen and oxygen atoms in total. The third-order valence-electron chi connectivity index (χ3n) is 5.72. The van der Waals surface area contributed by atoms with Crippen LogP contribution in [0.4, 0.5) is 24.5 Å². The molecule has 0 radical (unpaired) electrons. The molecule has 1 heterocycles. The largest absolute Gasteiger partial charge is 0.416 e. The summed E-state index contributed by atoms with van der Waals surface area (Å²) < 4.78 is 41.3. The molecular weight excluding hydrogens is 435 g/mol. The highest BCUT2D eigenvalue weighted by Crippen LogP contribution is 2.32. The second kappa shape index (κ2) is 9.53. The highest BCUT2D eigenvalue weighted by Gasteiger charge is 2.32. The van der Waals surface area contributed by atoms with Crippen LogP contribution in [0.3, 0.4) is 0 Å². The Kier molecular flexibility index (Phi) is 7.10. The van der Waals surface area contributed by atoms with E-state index in [2.05, 4.69) is 15.0 Å². The van der Waals surface area contributed by atoms with Crippen molar-refractivity contribution in [3.05, 3.63) is 86.7 Å². The van der Waals surface area contributed by atoms with Gasteiger partial charge in [-0.15, -0.1) is 0 Å². The molecule has 178 valence electrons. The van der Waals surface area contributed by atoms with Gasteiger partial charge in [0.2, 0.25) is 0 Å². The number of halogens is 3. The van der Waals surface area contributed by atoms with Crippen molar-refractivity contribution in [2.24, 2.45) is 9.98 Å². The van der Waals surface area contributed by atoms with E-state index in [0.29, 0.717) is 11.4 Å². The molecular formula is C28H30F3N3. The third kappa shape index (κ3) is 5.61. The van der Waals surface area contributed by atoms with Gasteiger partial charge in [-0.1, -0.05) is 35.4 Å². The summed E-state index contributed by atoms with van der Waals surface area (Å²) in [6.45, 7) is 15.2. The number of hydrogen-bond acceptors (Lipinski definition) is 3. The maximum Gasteiger partial charge on any atom is 0.416 e. The lowest BCUT2D eigenvalue weighted by Gasteiger charge is -2.13. The first-order valence-corrected chi connectivity index (χ1v) is 11.1. The molecule has 0 aliphatic rings. The van der Waals surface area contributed by atoms with Crippen LogP contribution in [0.1, 0.15) is 64.2 Å². The van der Waals surface area contributed by atoms with Crippen LogP contribution in [0.15, 0.2) is 46.4 Å². The van der Waals surface area contributed by atoms with Crippen molar-refractivity contribution in [2.75, 3.05) is 0 Å². The second-order valence-corrected chi connectivity index (χ2v) is 9.01. The van der Waals surface area contributed by atoms with E-state index in [1.165, 1.54) is 0 Å². The van der Waals surface area contributed by atoms with Gasteiger partial charge in [0.1, 0.15) is 0 Å². The molecule has 0 aliphatic heterocycles. The Hall–Kier alpha value is -3.28. The van der Waals surface area contributed by atoms with E-state index in [1.54, 1.807) is 13.8 Å². The van der Waals surface area contributed by atoms with Crippen LogP contribution in [0.5, 0.6) is 0 Å². The first-order valence-electron chi connectivity index (χ1n) is 11.1. The van der Waals surface area contributed by atoms with Crippen molar-refractivity contribution in [3.8, 4) is 0 Å². The first kappa shape index (κ1) is 25.3. The van der Waals surface area contributed by atoms with Crippen molar-refractivity contribution in [1.29, 1.82) is 0 Å². The molecule has 1 aromatic heterocycles. The van der Waals surface area contributed by atoms with Crippen molar-refractivity contribution < 1.29 is 13.2 Å². The van der Waals surface area contributed by atoms with Crippen LogP contribution in [0.2, 0.25) is 0 Å². The van der Waals surface area contributed by atoms with Crippen LogP contribution in [0.25, 0.3) is 0 Å². The lowest BCUT2D eigenvalue weighted by Crippen LogP contribution is -2.13. The Labute approximate surface area is 199 Å². The van der Waals surface area contributed by atoms with E-state index in [1.807, 2.05) is 65.8 Å². The van der Waals surface area contributed by atoms with Gasteiger partial charge in [0.15, 0.2) is 0 Å². The Morgan fingerprint density at radius 3 is 1.24 bits per heavy atom. The van der Waals surface area contributed by atoms with Gasteiger partial charge in [-0.3, -0.25) is 9.98 Å². The van der Waals surface area contributed by atoms with Crippen molar-refractivity contribution >= 4 is 22.8 Å². The van der Waals surface area contributed by atoms with Gasteiger partial charge in [0.05, 0.1) is 39.7 Å². The summed E-state index contributed by atoms with van der Waals surface area (Å²) in [6, 6.07) is 10.1. The normalized spacial score (nSPS) is 12.9. The number of aryl methyl sites for hydroxylation is 6. The monoisotopic (exact) mass is 465 g/mol. The van der Waals surface area contributed by atoms with Gasteiger partial charge in [-0.2, -0.15) is 13.2 Å². The third-order valence-corrected chi connectivity index (χ3v) is 5.72. The minimum Gasteiger partial charge on any atom is -0.251 e. The quantitative estimate of drug-likeness (QED) is 0.358. The summed E-state index contributed by atoms with van der Waals surface area (Å²) in [5.41, 5.74) is 7.99. The summed E-state index contributed by atoms with van der Waals surface area (Å²) in [4.78, 5) is 13.9. The summed E-state index contributed by atoms with van der Waals surface area (Å²) in [7, 11) is 0. The zero-order valence-electron chi connectivity index (χ0n) is 20.9. The zero-order chi connectivity index (χ0) is 25.4. The number of pyridine rings is 1. The van der Waals surface area contributed by atoms with Crippen LogP contribution in [0, 0.1) is 41.5 Å². The fourth-order valence-corrected chi connectivity index (χ4v) is 4.21. The molecule has 0 unspecified atom stereocenters. The van der Waals surface area contributed by atoms with E-state index in [0.717, 1.165) is 56.9 Å². The molecule has 3 aromatic rings. The molecule has 0 fully saturated rings. The minimum atomic E-state index is -4.52. The summed E-state index contributed by atoms with van der Waals surface area (Å²) in [5.74, 6) is 0. The number of aliphatic imine (C=N–C) groups is 2. The zero-order valence-corrected chi connectivity index (χ0v) is 20.9. The SMILES string of the molecule is C/C(=N\c1c(C)cc(C)cc1C)c1cc(C(F)(F)F)cc(/C(C)=N/c2c(C)cc(C)cc2C)n1. The van der Waals surface area contributed by atoms with Gasteiger partial charge in [0.25, 0.3) is 0 Å². The lowest BCUT2D eigenvalue weighted by atomic mass is 10.0. The Balaban J connectivity index is 2.16. The maximum absolute atomic E-state index is 13.8. The molecule has 0 amide bonds. The van der Waals surface area contributed by atoms with Crippen LogP contribution in [-0.2, 0) is 6.18 Å². The molecule has 0 bridgehead atoms. The number of alkyl halides is 3. The lowest BCUT2D eigenvalue weighted by molar-refractivity contribution is -0.137. The average Bonchev–Trinajstić information content (AvgIpc) is 2.71. The van der Waals surface area contributed by atoms with Gasteiger partial charge in [0, 0.05) is 0 Å². The summed E-state index contributed by atoms with van der Waals surface area (Å²) in [6.07, 6.45) is -4.52. The number of aromatic nitrogens is 1. The molecule has 0 saturated carbocycles. The van der Waals surface area contributed by atoms with Gasteiger partial charge >= 0.3 is 6.18 Å². The van der Waals surface area contributed by atoms with Gasteiger partial charge < -0.3 is 0 Å². The van der Waals surface area contributed by atoms with Gasteiger partial charge in [-0.25, -0.2) is 4.98 Å². The predicted molar refractivity (Wildman–Crippen MR) is 134 cm³/mol. The molecule has 2 aromatic carbocycles. The molecule has 0 N–H and O–H groups in total. The molecule has 34 heavy (non-hydrogen) atoms. The fourth-order valence-electron chi connectivity index (χ4n) is 4.21. The average molecular weight is 466 g/mol. The van der Waals surface area contributed by atoms with E-state index in [9.17, 15) is 13.2 Å². The first-order chi connectivity index (χ1) is 15.8. The molecule has 0 aliphatic carbocycles. The minimum absolute atomic E-state index is 0.177. The smallest absolute Gasteiger partial charge is 0.251 e. The highest BCUT2D eigenvalue weighted by atomic mass is 19.4. The number of benzene rings is 2. The fraction of sp³-hybridized carbons (Fsp3) is 0.321. The molecule has 0 saturated heterocycles. The topological polar surface area (TPSA) is 37.6 Å². The molecule has 0 atom stereocenters. The van der Waals surface area contributed by atoms with Crippen LogP contribution < -0.4 is 0 Å². The van der Waals surface area contributed by atoms with Crippen LogP contribution in [-0.4, -0.2) is 16.4 Å². The van der Waals surface area contributed by atoms with Crippen molar-refractivity contribution in [1.82, 2.24) is 4.98 Å². The summed E-state index contributed by atoms with van der Waals surface area (Å²) >= 11 is 0. The Morgan fingerprint density at radius 2 is 0.941 bits per heavy atom. The summed E-state index contributed by atoms with van der Waals surface area (Å²) in [5, 5.41) is 0. The molecule has 0 spiro atoms. The maximum atomic E-state index is 13.8. The molecule has 3 rings (SSSR count). The highest BCUT2D eigenvalue weighted by molar-refractivity contribution is 6.03. The van der Waals surface area contributed by atoms with Crippen molar-refractivity contribution in [2.45, 2.75) is 61.6 Å². The Morgan fingerprint density at radius 1 is 0.618 bits per heavy atom. The number of rotatable bonds is 4. The molecule has 6 heteroatoms. The second-order valence-electron chi connectivity index (χ2n) is 9.01.